The number of carbonyl (C=O) groups is 2. The summed E-state index contributed by atoms with van der Waals surface area (Å²) >= 11 is 0. The van der Waals surface area contributed by atoms with Crippen LogP contribution in [0.1, 0.15) is 20.7 Å². The molecule has 19 heavy (non-hydrogen) atoms. The van der Waals surface area contributed by atoms with Crippen molar-refractivity contribution in [2.45, 2.75) is 5.79 Å². The molecule has 1 aliphatic rings. The van der Waals surface area contributed by atoms with Gasteiger partial charge in [0.2, 0.25) is 11.6 Å². The zero-order chi connectivity index (χ0) is 13.9. The molecule has 1 aliphatic carbocycles. The van der Waals surface area contributed by atoms with Crippen molar-refractivity contribution in [3.63, 3.8) is 0 Å². The van der Waals surface area contributed by atoms with Crippen LogP contribution in [0.5, 0.6) is 0 Å². The van der Waals surface area contributed by atoms with E-state index in [2.05, 4.69) is 0 Å². The Hall–Kier alpha value is -1.60. The van der Waals surface area contributed by atoms with Crippen LogP contribution in [-0.4, -0.2) is 45.2 Å². The number of Topliss-reactive ketones (excluding diaryl/α,β-unsaturated/α-hetero) is 2. The van der Waals surface area contributed by atoms with Crippen molar-refractivity contribution in [2.24, 2.45) is 0 Å². The van der Waals surface area contributed by atoms with Crippen LogP contribution in [-0.2, 0) is 18.9 Å². The topological polar surface area (TPSA) is 71.1 Å². The zero-order valence-electron chi connectivity index (χ0n) is 10.7. The Labute approximate surface area is 110 Å². The predicted molar refractivity (Wildman–Crippen MR) is 63.8 cm³/mol. The highest BCUT2D eigenvalue weighted by Crippen LogP contribution is 2.34. The van der Waals surface area contributed by atoms with E-state index in [1.165, 1.54) is 14.2 Å². The molecule has 0 spiro atoms. The molecular formula is C13H14O6. The number of rotatable bonds is 6. The first-order valence-electron chi connectivity index (χ1n) is 5.62. The van der Waals surface area contributed by atoms with Crippen LogP contribution in [0.2, 0.25) is 0 Å². The van der Waals surface area contributed by atoms with Crippen molar-refractivity contribution in [1.29, 1.82) is 0 Å². The van der Waals surface area contributed by atoms with Gasteiger partial charge >= 0.3 is 5.79 Å². The molecular weight excluding hydrogens is 252 g/mol. The van der Waals surface area contributed by atoms with Gasteiger partial charge in [-0.2, -0.15) is 0 Å². The van der Waals surface area contributed by atoms with Gasteiger partial charge in [-0.1, -0.05) is 24.3 Å². The Morgan fingerprint density at radius 1 is 0.895 bits per heavy atom. The zero-order valence-corrected chi connectivity index (χ0v) is 10.7. The summed E-state index contributed by atoms with van der Waals surface area (Å²) in [7, 11) is 2.78. The van der Waals surface area contributed by atoms with Crippen molar-refractivity contribution in [2.75, 3.05) is 27.8 Å². The molecule has 1 aromatic rings. The van der Waals surface area contributed by atoms with Crippen molar-refractivity contribution in [3.8, 4) is 0 Å². The van der Waals surface area contributed by atoms with E-state index in [-0.39, 0.29) is 24.7 Å². The van der Waals surface area contributed by atoms with Crippen LogP contribution in [0.4, 0.5) is 0 Å². The molecule has 102 valence electrons. The molecule has 6 nitrogen and oxygen atoms in total. The number of ether oxygens (including phenoxy) is 4. The number of hydrogen-bond acceptors (Lipinski definition) is 6. The summed E-state index contributed by atoms with van der Waals surface area (Å²) in [5, 5.41) is 0. The van der Waals surface area contributed by atoms with Gasteiger partial charge in [0.1, 0.15) is 0 Å². The second-order valence-corrected chi connectivity index (χ2v) is 3.92. The second kappa shape index (κ2) is 5.58. The third-order valence-electron chi connectivity index (χ3n) is 2.77. The lowest BCUT2D eigenvalue weighted by atomic mass is 10.1. The molecule has 0 atom stereocenters. The highest BCUT2D eigenvalue weighted by atomic mass is 16.8. The number of hydrogen-bond donors (Lipinski definition) is 0. The molecule has 6 heteroatoms. The molecule has 0 radical (unpaired) electrons. The number of benzene rings is 1. The van der Waals surface area contributed by atoms with E-state index in [1.807, 2.05) is 0 Å². The average Bonchev–Trinajstić information content (AvgIpc) is 2.66. The van der Waals surface area contributed by atoms with Crippen LogP contribution in [0, 0.1) is 0 Å². The van der Waals surface area contributed by atoms with Crippen LogP contribution in [0.25, 0.3) is 0 Å². The van der Waals surface area contributed by atoms with Crippen LogP contribution in [0.3, 0.4) is 0 Å². The molecule has 0 aliphatic heterocycles. The van der Waals surface area contributed by atoms with E-state index in [4.69, 9.17) is 18.9 Å². The van der Waals surface area contributed by atoms with Gasteiger partial charge in [-0.3, -0.25) is 9.59 Å². The van der Waals surface area contributed by atoms with E-state index in [0.717, 1.165) is 0 Å². The van der Waals surface area contributed by atoms with Gasteiger partial charge in [-0.05, 0) is 0 Å². The van der Waals surface area contributed by atoms with Gasteiger partial charge in [0.15, 0.2) is 13.6 Å². The van der Waals surface area contributed by atoms with Crippen molar-refractivity contribution in [3.05, 3.63) is 35.4 Å². The minimum Gasteiger partial charge on any atom is -0.358 e. The van der Waals surface area contributed by atoms with Crippen molar-refractivity contribution < 1.29 is 28.5 Å². The molecule has 0 bridgehead atoms. The monoisotopic (exact) mass is 266 g/mol. The summed E-state index contributed by atoms with van der Waals surface area (Å²) in [6.45, 7) is -0.482. The third kappa shape index (κ3) is 2.19. The molecule has 0 unspecified atom stereocenters. The Morgan fingerprint density at radius 2 is 1.32 bits per heavy atom. The number of carbonyl (C=O) groups excluding carboxylic acids is 2. The van der Waals surface area contributed by atoms with Gasteiger partial charge in [0.25, 0.3) is 0 Å². The largest absolute Gasteiger partial charge is 0.358 e. The van der Waals surface area contributed by atoms with Gasteiger partial charge in [0, 0.05) is 25.3 Å². The maximum Gasteiger partial charge on any atom is 0.303 e. The summed E-state index contributed by atoms with van der Waals surface area (Å²) in [6.07, 6.45) is 0. The van der Waals surface area contributed by atoms with E-state index < -0.39 is 17.4 Å². The normalized spacial score (nSPS) is 16.7. The predicted octanol–water partition coefficient (Wildman–Crippen LogP) is 1.00. The Morgan fingerprint density at radius 3 is 1.68 bits per heavy atom. The first-order chi connectivity index (χ1) is 9.17. The number of fused-ring (bicyclic) bond motifs is 1. The highest BCUT2D eigenvalue weighted by molar-refractivity contribution is 6.31. The fraction of sp³-hybridized carbons (Fsp3) is 0.385. The van der Waals surface area contributed by atoms with Crippen molar-refractivity contribution in [1.82, 2.24) is 0 Å². The molecule has 0 aromatic heterocycles. The highest BCUT2D eigenvalue weighted by Gasteiger charge is 2.56. The van der Waals surface area contributed by atoms with Crippen LogP contribution < -0.4 is 0 Å². The lowest BCUT2D eigenvalue weighted by molar-refractivity contribution is -0.235. The fourth-order valence-corrected chi connectivity index (χ4v) is 1.92. The minimum atomic E-state index is -2.00. The fourth-order valence-electron chi connectivity index (χ4n) is 1.92. The molecule has 0 heterocycles. The Balaban J connectivity index is 2.39. The third-order valence-corrected chi connectivity index (χ3v) is 2.77. The summed E-state index contributed by atoms with van der Waals surface area (Å²) < 4.78 is 20.0. The first kappa shape index (κ1) is 13.8. The minimum absolute atomic E-state index is 0.241. The summed E-state index contributed by atoms with van der Waals surface area (Å²) in [4.78, 5) is 24.7. The molecule has 0 amide bonds. The average molecular weight is 266 g/mol. The molecule has 0 fully saturated rings. The number of ketones is 2. The molecule has 0 saturated carbocycles. The maximum absolute atomic E-state index is 12.4. The SMILES string of the molecule is COCOC1(OCOC)C(=O)c2ccccc2C1=O. The first-order valence-corrected chi connectivity index (χ1v) is 5.62. The quantitative estimate of drug-likeness (QED) is 0.565. The van der Waals surface area contributed by atoms with Crippen LogP contribution in [0.15, 0.2) is 24.3 Å². The molecule has 0 saturated heterocycles. The lowest BCUT2D eigenvalue weighted by Crippen LogP contribution is -2.47. The lowest BCUT2D eigenvalue weighted by Gasteiger charge is -2.25. The maximum atomic E-state index is 12.4. The van der Waals surface area contributed by atoms with E-state index in [9.17, 15) is 9.59 Å². The van der Waals surface area contributed by atoms with Gasteiger partial charge in [-0.25, -0.2) is 0 Å². The summed E-state index contributed by atoms with van der Waals surface area (Å²) in [5.41, 5.74) is 0.555. The second-order valence-electron chi connectivity index (χ2n) is 3.92. The van der Waals surface area contributed by atoms with E-state index >= 15 is 0 Å². The summed E-state index contributed by atoms with van der Waals surface area (Å²) in [6, 6.07) is 6.47. The van der Waals surface area contributed by atoms with Crippen molar-refractivity contribution >= 4 is 11.6 Å². The Bertz CT molecular complexity index is 451. The molecule has 1 aromatic carbocycles. The smallest absolute Gasteiger partial charge is 0.303 e. The molecule has 0 N–H and O–H groups in total. The molecule has 2 rings (SSSR count). The number of methoxy groups -OCH3 is 2. The van der Waals surface area contributed by atoms with E-state index in [0.29, 0.717) is 0 Å². The standard InChI is InChI=1S/C13H14O6/c1-16-7-18-13(19-8-17-2)11(14)9-5-3-4-6-10(9)12(13)15/h3-6H,7-8H2,1-2H3. The summed E-state index contributed by atoms with van der Waals surface area (Å²) in [5.74, 6) is -3.08. The van der Waals surface area contributed by atoms with E-state index in [1.54, 1.807) is 24.3 Å². The van der Waals surface area contributed by atoms with Gasteiger partial charge < -0.3 is 18.9 Å². The Kier molecular flexibility index (Phi) is 4.06. The van der Waals surface area contributed by atoms with Gasteiger partial charge in [-0.15, -0.1) is 0 Å². The van der Waals surface area contributed by atoms with Crippen LogP contribution >= 0.6 is 0 Å². The van der Waals surface area contributed by atoms with Gasteiger partial charge in [0.05, 0.1) is 0 Å².